The standard InChI is InChI=1S/C19H25O7P/c1-12(2)18(20)23-10-25-27(22,26-11-24-19(21)13(3)4)17-15(6)8-14(5)9-16(17)7/h8-9H,1,3,10-11H2,2,4-7H3. The molecule has 0 aliphatic rings. The Morgan fingerprint density at radius 1 is 0.889 bits per heavy atom. The van der Waals surface area contributed by atoms with Crippen LogP contribution in [0.15, 0.2) is 36.4 Å². The van der Waals surface area contributed by atoms with Gasteiger partial charge in [-0.2, -0.15) is 0 Å². The number of hydrogen-bond donors (Lipinski definition) is 0. The molecule has 0 saturated carbocycles. The Kier molecular flexibility index (Phi) is 8.16. The number of carbonyl (C=O) groups is 2. The van der Waals surface area contributed by atoms with Crippen molar-refractivity contribution in [3.63, 3.8) is 0 Å². The van der Waals surface area contributed by atoms with Crippen LogP contribution in [0.3, 0.4) is 0 Å². The Morgan fingerprint density at radius 3 is 1.59 bits per heavy atom. The van der Waals surface area contributed by atoms with E-state index in [-0.39, 0.29) is 11.1 Å². The number of rotatable bonds is 9. The predicted molar refractivity (Wildman–Crippen MR) is 102 cm³/mol. The second-order valence-electron chi connectivity index (χ2n) is 6.16. The summed E-state index contributed by atoms with van der Waals surface area (Å²) in [5.74, 6) is -1.37. The minimum Gasteiger partial charge on any atom is -0.435 e. The zero-order valence-corrected chi connectivity index (χ0v) is 17.2. The van der Waals surface area contributed by atoms with Gasteiger partial charge < -0.3 is 9.47 Å². The van der Waals surface area contributed by atoms with Gasteiger partial charge in [0.15, 0.2) is 0 Å². The zero-order chi connectivity index (χ0) is 20.8. The third-order valence-corrected chi connectivity index (χ3v) is 5.58. The van der Waals surface area contributed by atoms with Crippen LogP contribution >= 0.6 is 7.60 Å². The van der Waals surface area contributed by atoms with Gasteiger partial charge in [-0.25, -0.2) is 9.59 Å². The van der Waals surface area contributed by atoms with Crippen LogP contribution in [0, 0.1) is 20.8 Å². The fourth-order valence-corrected chi connectivity index (χ4v) is 4.02. The van der Waals surface area contributed by atoms with Crippen molar-refractivity contribution in [1.29, 1.82) is 0 Å². The summed E-state index contributed by atoms with van der Waals surface area (Å²) in [6.07, 6.45) is 0. The Morgan fingerprint density at radius 2 is 1.26 bits per heavy atom. The van der Waals surface area contributed by atoms with Crippen LogP contribution in [0.5, 0.6) is 0 Å². The van der Waals surface area contributed by atoms with Crippen LogP contribution in [0.4, 0.5) is 0 Å². The highest BCUT2D eigenvalue weighted by molar-refractivity contribution is 7.62. The molecule has 0 unspecified atom stereocenters. The maximum Gasteiger partial charge on any atom is 0.367 e. The molecule has 0 aliphatic heterocycles. The van der Waals surface area contributed by atoms with Crippen LogP contribution < -0.4 is 5.30 Å². The van der Waals surface area contributed by atoms with Crippen molar-refractivity contribution in [2.75, 3.05) is 13.6 Å². The molecule has 8 heteroatoms. The summed E-state index contributed by atoms with van der Waals surface area (Å²) < 4.78 is 33.7. The van der Waals surface area contributed by atoms with Gasteiger partial charge in [-0.3, -0.25) is 13.6 Å². The largest absolute Gasteiger partial charge is 0.435 e. The summed E-state index contributed by atoms with van der Waals surface area (Å²) in [7, 11) is -3.95. The third-order valence-electron chi connectivity index (χ3n) is 3.43. The highest BCUT2D eigenvalue weighted by atomic mass is 31.2. The van der Waals surface area contributed by atoms with Crippen molar-refractivity contribution in [2.24, 2.45) is 0 Å². The first kappa shape index (κ1) is 22.8. The van der Waals surface area contributed by atoms with E-state index < -0.39 is 33.1 Å². The van der Waals surface area contributed by atoms with E-state index in [4.69, 9.17) is 18.5 Å². The van der Waals surface area contributed by atoms with Gasteiger partial charge in [0.2, 0.25) is 13.6 Å². The van der Waals surface area contributed by atoms with E-state index in [1.165, 1.54) is 13.8 Å². The van der Waals surface area contributed by atoms with Gasteiger partial charge in [0.25, 0.3) is 0 Å². The Hall–Kier alpha value is -2.21. The topological polar surface area (TPSA) is 88.1 Å². The first-order chi connectivity index (χ1) is 12.5. The highest BCUT2D eigenvalue weighted by Crippen LogP contribution is 2.49. The summed E-state index contributed by atoms with van der Waals surface area (Å²) >= 11 is 0. The Bertz CT molecular complexity index is 751. The summed E-state index contributed by atoms with van der Waals surface area (Å²) in [5, 5.41) is 0.325. The van der Waals surface area contributed by atoms with E-state index in [1.54, 1.807) is 13.8 Å². The molecular formula is C19H25O7P. The molecular weight excluding hydrogens is 371 g/mol. The van der Waals surface area contributed by atoms with Gasteiger partial charge >= 0.3 is 19.5 Å². The number of aryl methyl sites for hydroxylation is 3. The highest BCUT2D eigenvalue weighted by Gasteiger charge is 2.33. The van der Waals surface area contributed by atoms with Crippen molar-refractivity contribution >= 4 is 24.8 Å². The monoisotopic (exact) mass is 396 g/mol. The van der Waals surface area contributed by atoms with E-state index in [0.717, 1.165) is 5.56 Å². The quantitative estimate of drug-likeness (QED) is 0.273. The molecule has 7 nitrogen and oxygen atoms in total. The molecule has 0 spiro atoms. The van der Waals surface area contributed by atoms with Crippen molar-refractivity contribution in [1.82, 2.24) is 0 Å². The lowest BCUT2D eigenvalue weighted by molar-refractivity contribution is -0.147. The van der Waals surface area contributed by atoms with E-state index in [0.29, 0.717) is 16.4 Å². The molecule has 0 radical (unpaired) electrons. The van der Waals surface area contributed by atoms with Crippen LogP contribution in [-0.2, 0) is 32.7 Å². The molecule has 0 atom stereocenters. The minimum atomic E-state index is -3.95. The maximum atomic E-state index is 13.4. The molecule has 0 N–H and O–H groups in total. The Labute approximate surface area is 159 Å². The molecule has 0 amide bonds. The van der Waals surface area contributed by atoms with Crippen LogP contribution in [0.2, 0.25) is 0 Å². The van der Waals surface area contributed by atoms with E-state index in [2.05, 4.69) is 13.2 Å². The molecule has 1 aromatic rings. The average Bonchev–Trinajstić information content (AvgIpc) is 2.53. The zero-order valence-electron chi connectivity index (χ0n) is 16.3. The summed E-state index contributed by atoms with van der Waals surface area (Å²) in [5.41, 5.74) is 2.67. The molecule has 0 aromatic heterocycles. The molecule has 0 heterocycles. The molecule has 0 bridgehead atoms. The lowest BCUT2D eigenvalue weighted by Crippen LogP contribution is -2.20. The molecule has 1 rings (SSSR count). The van der Waals surface area contributed by atoms with E-state index in [1.807, 2.05) is 19.1 Å². The molecule has 1 aromatic carbocycles. The number of hydrogen-bond acceptors (Lipinski definition) is 7. The van der Waals surface area contributed by atoms with Crippen molar-refractivity contribution in [3.8, 4) is 0 Å². The summed E-state index contributed by atoms with van der Waals surface area (Å²) in [4.78, 5) is 23.0. The van der Waals surface area contributed by atoms with E-state index in [9.17, 15) is 14.2 Å². The van der Waals surface area contributed by atoms with E-state index >= 15 is 0 Å². The van der Waals surface area contributed by atoms with Crippen LogP contribution in [0.25, 0.3) is 0 Å². The van der Waals surface area contributed by atoms with Gasteiger partial charge in [-0.1, -0.05) is 30.9 Å². The smallest absolute Gasteiger partial charge is 0.367 e. The molecule has 27 heavy (non-hydrogen) atoms. The van der Waals surface area contributed by atoms with Gasteiger partial charge in [-0.05, 0) is 45.7 Å². The first-order valence-electron chi connectivity index (χ1n) is 8.10. The van der Waals surface area contributed by atoms with Gasteiger partial charge in [0.1, 0.15) is 0 Å². The van der Waals surface area contributed by atoms with Gasteiger partial charge in [0, 0.05) is 11.1 Å². The van der Waals surface area contributed by atoms with Crippen molar-refractivity contribution < 1.29 is 32.7 Å². The number of esters is 2. The predicted octanol–water partition coefficient (Wildman–Crippen LogP) is 3.62. The fourth-order valence-electron chi connectivity index (χ4n) is 2.32. The number of benzene rings is 1. The molecule has 0 saturated heterocycles. The third kappa shape index (κ3) is 6.47. The average molecular weight is 396 g/mol. The van der Waals surface area contributed by atoms with Gasteiger partial charge in [-0.15, -0.1) is 0 Å². The van der Waals surface area contributed by atoms with Crippen molar-refractivity contribution in [3.05, 3.63) is 53.1 Å². The maximum absolute atomic E-state index is 13.4. The normalized spacial score (nSPS) is 11.0. The van der Waals surface area contributed by atoms with Crippen LogP contribution in [0.1, 0.15) is 30.5 Å². The molecule has 0 fully saturated rings. The molecule has 0 aliphatic carbocycles. The minimum absolute atomic E-state index is 0.174. The van der Waals surface area contributed by atoms with Gasteiger partial charge in [0.05, 0.1) is 5.30 Å². The lowest BCUT2D eigenvalue weighted by Gasteiger charge is -2.22. The van der Waals surface area contributed by atoms with Crippen LogP contribution in [-0.4, -0.2) is 25.5 Å². The fraction of sp³-hybridized carbons (Fsp3) is 0.368. The molecule has 148 valence electrons. The number of ether oxygens (including phenoxy) is 2. The number of carbonyl (C=O) groups excluding carboxylic acids is 2. The SMILES string of the molecule is C=C(C)C(=O)OCOP(=O)(OCOC(=O)C(=C)C)c1c(C)cc(C)cc1C. The second-order valence-corrected chi connectivity index (χ2v) is 8.12. The lowest BCUT2D eigenvalue weighted by atomic mass is 10.1. The second kappa shape index (κ2) is 9.65. The first-order valence-corrected chi connectivity index (χ1v) is 9.65. The summed E-state index contributed by atoms with van der Waals surface area (Å²) in [6, 6.07) is 3.64. The Balaban J connectivity index is 3.07. The van der Waals surface area contributed by atoms with Crippen molar-refractivity contribution in [2.45, 2.75) is 34.6 Å². The summed E-state index contributed by atoms with van der Waals surface area (Å²) in [6.45, 7) is 14.1.